The molecule has 11 heteroatoms. The van der Waals surface area contributed by atoms with E-state index in [0.29, 0.717) is 0 Å². The number of carbonyl (C=O) groups excluding carboxylic acids is 5. The molecule has 1 unspecified atom stereocenters. The van der Waals surface area contributed by atoms with Gasteiger partial charge in [0.25, 0.3) is 0 Å². The Hall–Kier alpha value is -2.13. The van der Waals surface area contributed by atoms with Crippen LogP contribution in [0.1, 0.15) is 34.6 Å². The van der Waals surface area contributed by atoms with Crippen molar-refractivity contribution in [1.29, 1.82) is 0 Å². The van der Waals surface area contributed by atoms with Crippen LogP contribution in [0.5, 0.6) is 0 Å². The zero-order valence-corrected chi connectivity index (χ0v) is 17.3. The van der Waals surface area contributed by atoms with Crippen LogP contribution in [0.25, 0.3) is 0 Å². The normalized spacial score (nSPS) is 27.1. The van der Waals surface area contributed by atoms with E-state index in [2.05, 4.69) is 0 Å². The van der Waals surface area contributed by atoms with Gasteiger partial charge in [0.1, 0.15) is 0 Å². The minimum absolute atomic E-state index is 0.143. The number of hydrogen-bond donors (Lipinski definition) is 0. The van der Waals surface area contributed by atoms with E-state index in [1.165, 1.54) is 20.8 Å². The van der Waals surface area contributed by atoms with Crippen molar-refractivity contribution in [3.05, 3.63) is 0 Å². The minimum atomic E-state index is -1.23. The first-order chi connectivity index (χ1) is 12.5. The number of carbonyl (C=O) groups is 5. The third-order valence-electron chi connectivity index (χ3n) is 3.23. The number of hydrogen-bond acceptors (Lipinski definition) is 10. The Labute approximate surface area is 162 Å². The van der Waals surface area contributed by atoms with Gasteiger partial charge in [-0.2, -0.15) is 0 Å². The molecule has 152 valence electrons. The van der Waals surface area contributed by atoms with E-state index in [0.717, 1.165) is 13.8 Å². The first kappa shape index (κ1) is 22.9. The Bertz CT molecular complexity index is 604. The summed E-state index contributed by atoms with van der Waals surface area (Å²) in [5.74, 6) is -3.24. The first-order valence-corrected chi connectivity index (χ1v) is 9.96. The van der Waals surface area contributed by atoms with Crippen LogP contribution >= 0.6 is 0 Å². The summed E-state index contributed by atoms with van der Waals surface area (Å²) in [6.07, 6.45) is -3.43. The molecule has 0 aromatic heterocycles. The van der Waals surface area contributed by atoms with E-state index in [-0.39, 0.29) is 6.61 Å². The predicted octanol–water partition coefficient (Wildman–Crippen LogP) is -0.260. The standard InChI is InChI=1S/C16H22O10Se/c1-7(17)22-6-12-13(23-8(2)18)14(24-9(3)19)15(25-10(4)20)16(27-12)26-11(5)21/h12-16H,6H2,1-5H3/t12-,13+,14-,15-,16?/m1/s1. The Kier molecular flexibility index (Phi) is 8.71. The van der Waals surface area contributed by atoms with E-state index in [1.54, 1.807) is 0 Å². The molecule has 1 heterocycles. The summed E-state index contributed by atoms with van der Waals surface area (Å²) >= 11 is -0.627. The topological polar surface area (TPSA) is 132 Å². The third-order valence-corrected chi connectivity index (χ3v) is 6.14. The van der Waals surface area contributed by atoms with Crippen LogP contribution < -0.4 is 0 Å². The van der Waals surface area contributed by atoms with Crippen LogP contribution in [0, 0.1) is 0 Å². The van der Waals surface area contributed by atoms with Crippen molar-refractivity contribution in [3.8, 4) is 0 Å². The second-order valence-electron chi connectivity index (χ2n) is 5.68. The fourth-order valence-electron chi connectivity index (χ4n) is 2.45. The molecule has 1 aliphatic heterocycles. The Morgan fingerprint density at radius 2 is 1.07 bits per heavy atom. The van der Waals surface area contributed by atoms with E-state index in [1.807, 2.05) is 0 Å². The Morgan fingerprint density at radius 1 is 0.630 bits per heavy atom. The van der Waals surface area contributed by atoms with Crippen LogP contribution in [0.15, 0.2) is 0 Å². The van der Waals surface area contributed by atoms with Gasteiger partial charge in [-0.3, -0.25) is 0 Å². The van der Waals surface area contributed by atoms with E-state index < -0.39 is 72.9 Å². The molecular formula is C16H22O10Se. The van der Waals surface area contributed by atoms with Crippen molar-refractivity contribution < 1.29 is 47.7 Å². The Balaban J connectivity index is 3.29. The number of ether oxygens (including phenoxy) is 5. The van der Waals surface area contributed by atoms with Gasteiger partial charge in [0.15, 0.2) is 0 Å². The fraction of sp³-hybridized carbons (Fsp3) is 0.688. The Morgan fingerprint density at radius 3 is 1.52 bits per heavy atom. The zero-order valence-electron chi connectivity index (χ0n) is 15.6. The summed E-state index contributed by atoms with van der Waals surface area (Å²) in [6, 6.07) is 0. The predicted molar refractivity (Wildman–Crippen MR) is 88.4 cm³/mol. The second kappa shape index (κ2) is 10.3. The molecule has 1 aliphatic rings. The fourth-order valence-corrected chi connectivity index (χ4v) is 5.41. The summed E-state index contributed by atoms with van der Waals surface area (Å²) in [5.41, 5.74) is 0. The van der Waals surface area contributed by atoms with E-state index in [4.69, 9.17) is 23.7 Å². The monoisotopic (exact) mass is 454 g/mol. The van der Waals surface area contributed by atoms with Gasteiger partial charge in [-0.05, 0) is 0 Å². The molecule has 0 spiro atoms. The van der Waals surface area contributed by atoms with Crippen LogP contribution in [0.2, 0.25) is 4.82 Å². The van der Waals surface area contributed by atoms with Crippen LogP contribution in [-0.4, -0.2) is 74.7 Å². The maximum absolute atomic E-state index is 11.6. The average molecular weight is 453 g/mol. The van der Waals surface area contributed by atoms with E-state index in [9.17, 15) is 24.0 Å². The molecule has 0 bridgehead atoms. The van der Waals surface area contributed by atoms with Crippen molar-refractivity contribution >= 4 is 44.8 Å². The number of rotatable bonds is 6. The molecular weight excluding hydrogens is 431 g/mol. The molecule has 0 aromatic rings. The zero-order chi connectivity index (χ0) is 20.7. The van der Waals surface area contributed by atoms with Gasteiger partial charge in [0.2, 0.25) is 0 Å². The maximum atomic E-state index is 11.6. The molecule has 0 amide bonds. The molecule has 1 rings (SSSR count). The van der Waals surface area contributed by atoms with Crippen LogP contribution in [0.3, 0.4) is 0 Å². The molecule has 0 aliphatic carbocycles. The van der Waals surface area contributed by atoms with E-state index >= 15 is 0 Å². The van der Waals surface area contributed by atoms with Gasteiger partial charge in [-0.1, -0.05) is 0 Å². The van der Waals surface area contributed by atoms with Crippen molar-refractivity contribution in [2.45, 2.75) is 62.7 Å². The van der Waals surface area contributed by atoms with Gasteiger partial charge in [-0.15, -0.1) is 0 Å². The third kappa shape index (κ3) is 7.56. The second-order valence-corrected chi connectivity index (χ2v) is 8.49. The average Bonchev–Trinajstić information content (AvgIpc) is 2.49. The molecule has 0 radical (unpaired) electrons. The van der Waals surface area contributed by atoms with Crippen LogP contribution in [-0.2, 0) is 47.7 Å². The molecule has 0 saturated carbocycles. The summed E-state index contributed by atoms with van der Waals surface area (Å²) in [7, 11) is 0. The van der Waals surface area contributed by atoms with Gasteiger partial charge in [0, 0.05) is 0 Å². The van der Waals surface area contributed by atoms with Gasteiger partial charge < -0.3 is 0 Å². The molecule has 0 N–H and O–H groups in total. The molecule has 1 fully saturated rings. The summed E-state index contributed by atoms with van der Waals surface area (Å²) < 4.78 is 26.0. The van der Waals surface area contributed by atoms with Crippen molar-refractivity contribution in [3.63, 3.8) is 0 Å². The molecule has 27 heavy (non-hydrogen) atoms. The molecule has 10 nitrogen and oxygen atoms in total. The quantitative estimate of drug-likeness (QED) is 0.301. The summed E-state index contributed by atoms with van der Waals surface area (Å²) in [6.45, 7) is 5.70. The molecule has 5 atom stereocenters. The van der Waals surface area contributed by atoms with Crippen molar-refractivity contribution in [2.75, 3.05) is 6.61 Å². The van der Waals surface area contributed by atoms with Gasteiger partial charge in [-0.25, -0.2) is 0 Å². The SMILES string of the molecule is CC(=O)OC[C@H]1[Se]C(OC(C)=O)[C@H](OC(C)=O)[C@H](OC(C)=O)[C@H]1OC(C)=O. The van der Waals surface area contributed by atoms with Crippen LogP contribution in [0.4, 0.5) is 0 Å². The summed E-state index contributed by atoms with van der Waals surface area (Å²) in [5, 5.41) is -0.921. The molecule has 1 saturated heterocycles. The molecule has 0 aromatic carbocycles. The van der Waals surface area contributed by atoms with Gasteiger partial charge >= 0.3 is 162 Å². The van der Waals surface area contributed by atoms with Gasteiger partial charge in [0.05, 0.1) is 0 Å². The first-order valence-electron chi connectivity index (χ1n) is 7.99. The number of esters is 5. The summed E-state index contributed by atoms with van der Waals surface area (Å²) in [4.78, 5) is 56.7. The van der Waals surface area contributed by atoms with Crippen molar-refractivity contribution in [2.24, 2.45) is 0 Å². The van der Waals surface area contributed by atoms with Crippen molar-refractivity contribution in [1.82, 2.24) is 0 Å².